The maximum absolute atomic E-state index is 13.7. The number of methoxy groups -OCH3 is 2. The van der Waals surface area contributed by atoms with E-state index in [2.05, 4.69) is 15.9 Å². The molecule has 0 saturated heterocycles. The first-order chi connectivity index (χ1) is 16.4. The second-order valence-electron chi connectivity index (χ2n) is 8.55. The molecule has 1 saturated carbocycles. The zero-order valence-electron chi connectivity index (χ0n) is 18.8. The minimum atomic E-state index is -0.761. The zero-order valence-corrected chi connectivity index (χ0v) is 20.4. The molecule has 1 unspecified atom stereocenters. The van der Waals surface area contributed by atoms with Crippen molar-refractivity contribution in [3.8, 4) is 11.5 Å². The molecular weight excluding hydrogens is 502 g/mol. The SMILES string of the molecule is COc1ccc(C2C(C(=O)c3cc4cc(Br)ccc4o3)=C(O)C(=O)N2C2CCCC2)cc1OC. The van der Waals surface area contributed by atoms with Gasteiger partial charge in [0.15, 0.2) is 23.0 Å². The standard InChI is InChI=1S/C26H24BrNO6/c1-32-19-9-7-14(12-20(19)33-2)23-22(25(30)26(31)28(23)17-5-3-4-6-17)24(29)21-13-15-11-16(27)8-10-18(15)34-21/h7-13,17,23,30H,3-6H2,1-2H3. The third-order valence-electron chi connectivity index (χ3n) is 6.63. The molecule has 1 fully saturated rings. The van der Waals surface area contributed by atoms with Gasteiger partial charge in [0, 0.05) is 15.9 Å². The van der Waals surface area contributed by atoms with E-state index in [4.69, 9.17) is 13.9 Å². The predicted molar refractivity (Wildman–Crippen MR) is 129 cm³/mol. The van der Waals surface area contributed by atoms with Gasteiger partial charge in [0.05, 0.1) is 25.8 Å². The van der Waals surface area contributed by atoms with Gasteiger partial charge < -0.3 is 23.9 Å². The van der Waals surface area contributed by atoms with Gasteiger partial charge in [-0.3, -0.25) is 9.59 Å². The summed E-state index contributed by atoms with van der Waals surface area (Å²) < 4.78 is 17.5. The number of ketones is 1. The summed E-state index contributed by atoms with van der Waals surface area (Å²) in [6, 6.07) is 11.5. The van der Waals surface area contributed by atoms with E-state index in [-0.39, 0.29) is 17.4 Å². The Morgan fingerprint density at radius 2 is 1.79 bits per heavy atom. The predicted octanol–water partition coefficient (Wildman–Crippen LogP) is 5.73. The molecule has 176 valence electrons. The lowest BCUT2D eigenvalue weighted by atomic mass is 9.93. The lowest BCUT2D eigenvalue weighted by Gasteiger charge is -2.32. The highest BCUT2D eigenvalue weighted by Gasteiger charge is 2.47. The molecule has 2 aliphatic rings. The molecule has 0 radical (unpaired) electrons. The average Bonchev–Trinajstić information content (AvgIpc) is 3.57. The highest BCUT2D eigenvalue weighted by atomic mass is 79.9. The van der Waals surface area contributed by atoms with Gasteiger partial charge in [-0.15, -0.1) is 0 Å². The largest absolute Gasteiger partial charge is 0.503 e. The number of carbonyl (C=O) groups excluding carboxylic acids is 2. The van der Waals surface area contributed by atoms with Crippen LogP contribution in [0.4, 0.5) is 0 Å². The third kappa shape index (κ3) is 3.66. The molecule has 1 atom stereocenters. The number of furan rings is 1. The number of hydrogen-bond acceptors (Lipinski definition) is 6. The van der Waals surface area contributed by atoms with Crippen LogP contribution in [0.5, 0.6) is 11.5 Å². The minimum absolute atomic E-state index is 0.0160. The summed E-state index contributed by atoms with van der Waals surface area (Å²) >= 11 is 3.42. The van der Waals surface area contributed by atoms with Crippen molar-refractivity contribution in [1.29, 1.82) is 0 Å². The van der Waals surface area contributed by atoms with Gasteiger partial charge in [0.1, 0.15) is 5.58 Å². The Kier molecular flexibility index (Phi) is 5.85. The summed E-state index contributed by atoms with van der Waals surface area (Å²) in [4.78, 5) is 28.7. The van der Waals surface area contributed by atoms with Gasteiger partial charge in [0.2, 0.25) is 5.78 Å². The molecule has 8 heteroatoms. The van der Waals surface area contributed by atoms with E-state index in [1.54, 1.807) is 42.3 Å². The third-order valence-corrected chi connectivity index (χ3v) is 7.13. The topological polar surface area (TPSA) is 89.2 Å². The van der Waals surface area contributed by atoms with Gasteiger partial charge in [-0.25, -0.2) is 0 Å². The molecule has 1 amide bonds. The number of benzene rings is 2. The second kappa shape index (κ2) is 8.83. The van der Waals surface area contributed by atoms with Gasteiger partial charge in [-0.2, -0.15) is 0 Å². The Labute approximate surface area is 205 Å². The molecule has 1 aromatic heterocycles. The Hall–Kier alpha value is -3.26. The molecule has 2 heterocycles. The Morgan fingerprint density at radius 1 is 1.06 bits per heavy atom. The number of carbonyl (C=O) groups is 2. The number of nitrogens with zero attached hydrogens (tertiary/aromatic N) is 1. The fraction of sp³-hybridized carbons (Fsp3) is 0.308. The van der Waals surface area contributed by atoms with Crippen LogP contribution in [0.2, 0.25) is 0 Å². The maximum atomic E-state index is 13.7. The average molecular weight is 526 g/mol. The van der Waals surface area contributed by atoms with Crippen LogP contribution in [-0.2, 0) is 4.79 Å². The zero-order chi connectivity index (χ0) is 24.0. The van der Waals surface area contributed by atoms with Crippen molar-refractivity contribution < 1.29 is 28.6 Å². The summed E-state index contributed by atoms with van der Waals surface area (Å²) in [6.45, 7) is 0. The van der Waals surface area contributed by atoms with Crippen LogP contribution in [0.1, 0.15) is 47.8 Å². The van der Waals surface area contributed by atoms with Crippen LogP contribution in [0, 0.1) is 0 Å². The first kappa shape index (κ1) is 22.5. The van der Waals surface area contributed by atoms with Crippen molar-refractivity contribution >= 4 is 38.6 Å². The molecule has 0 spiro atoms. The fourth-order valence-electron chi connectivity index (χ4n) is 5.02. The molecule has 2 aromatic carbocycles. The number of aliphatic hydroxyl groups excluding tert-OH is 1. The van der Waals surface area contributed by atoms with E-state index in [0.29, 0.717) is 22.6 Å². The molecule has 34 heavy (non-hydrogen) atoms. The van der Waals surface area contributed by atoms with Crippen LogP contribution in [0.3, 0.4) is 0 Å². The number of Topliss-reactive ketones (excluding diaryl/α,β-unsaturated/α-hetero) is 1. The van der Waals surface area contributed by atoms with E-state index in [1.165, 1.54) is 7.11 Å². The Balaban J connectivity index is 1.63. The molecule has 5 rings (SSSR count). The van der Waals surface area contributed by atoms with Crippen molar-refractivity contribution in [3.63, 3.8) is 0 Å². The lowest BCUT2D eigenvalue weighted by molar-refractivity contribution is -0.131. The van der Waals surface area contributed by atoms with Crippen LogP contribution in [0.15, 0.2) is 62.7 Å². The smallest absolute Gasteiger partial charge is 0.290 e. The molecular formula is C26H24BrNO6. The maximum Gasteiger partial charge on any atom is 0.290 e. The van der Waals surface area contributed by atoms with E-state index < -0.39 is 23.5 Å². The molecule has 7 nitrogen and oxygen atoms in total. The van der Waals surface area contributed by atoms with Gasteiger partial charge >= 0.3 is 0 Å². The Bertz CT molecular complexity index is 1320. The van der Waals surface area contributed by atoms with E-state index in [0.717, 1.165) is 35.5 Å². The highest BCUT2D eigenvalue weighted by Crippen LogP contribution is 2.45. The number of amides is 1. The van der Waals surface area contributed by atoms with Crippen molar-refractivity contribution in [1.82, 2.24) is 4.90 Å². The van der Waals surface area contributed by atoms with E-state index >= 15 is 0 Å². The van der Waals surface area contributed by atoms with Gasteiger partial charge in [0.25, 0.3) is 5.91 Å². The summed E-state index contributed by atoms with van der Waals surface area (Å²) in [5, 5.41) is 11.7. The number of rotatable bonds is 6. The minimum Gasteiger partial charge on any atom is -0.503 e. The van der Waals surface area contributed by atoms with Crippen molar-refractivity contribution in [3.05, 3.63) is 69.6 Å². The van der Waals surface area contributed by atoms with Gasteiger partial charge in [-0.1, -0.05) is 34.8 Å². The first-order valence-corrected chi connectivity index (χ1v) is 11.9. The van der Waals surface area contributed by atoms with Crippen LogP contribution < -0.4 is 9.47 Å². The Morgan fingerprint density at radius 3 is 2.50 bits per heavy atom. The summed E-state index contributed by atoms with van der Waals surface area (Å²) in [5.74, 6) is -0.496. The number of hydrogen-bond donors (Lipinski definition) is 1. The van der Waals surface area contributed by atoms with E-state index in [1.807, 2.05) is 12.1 Å². The number of aliphatic hydroxyl groups is 1. The summed E-state index contributed by atoms with van der Waals surface area (Å²) in [7, 11) is 3.07. The normalized spacial score (nSPS) is 18.9. The molecule has 1 aliphatic carbocycles. The molecule has 0 bridgehead atoms. The number of fused-ring (bicyclic) bond motifs is 1. The lowest BCUT2D eigenvalue weighted by Crippen LogP contribution is -2.38. The monoisotopic (exact) mass is 525 g/mol. The van der Waals surface area contributed by atoms with Crippen molar-refractivity contribution in [2.45, 2.75) is 37.8 Å². The fourth-order valence-corrected chi connectivity index (χ4v) is 5.40. The summed E-state index contributed by atoms with van der Waals surface area (Å²) in [6.07, 6.45) is 3.64. The van der Waals surface area contributed by atoms with Crippen LogP contribution >= 0.6 is 15.9 Å². The van der Waals surface area contributed by atoms with E-state index in [9.17, 15) is 14.7 Å². The molecule has 3 aromatic rings. The number of halogens is 1. The van der Waals surface area contributed by atoms with Gasteiger partial charge in [-0.05, 0) is 54.8 Å². The second-order valence-corrected chi connectivity index (χ2v) is 9.47. The quantitative estimate of drug-likeness (QED) is 0.413. The van der Waals surface area contributed by atoms with Crippen molar-refractivity contribution in [2.75, 3.05) is 14.2 Å². The first-order valence-electron chi connectivity index (χ1n) is 11.1. The molecule has 1 aliphatic heterocycles. The van der Waals surface area contributed by atoms with Crippen LogP contribution in [-0.4, -0.2) is 42.0 Å². The van der Waals surface area contributed by atoms with Crippen LogP contribution in [0.25, 0.3) is 11.0 Å². The number of ether oxygens (including phenoxy) is 2. The van der Waals surface area contributed by atoms with Crippen molar-refractivity contribution in [2.24, 2.45) is 0 Å². The molecule has 1 N–H and O–H groups in total. The summed E-state index contributed by atoms with van der Waals surface area (Å²) in [5.41, 5.74) is 1.22. The highest BCUT2D eigenvalue weighted by molar-refractivity contribution is 9.10.